The molecule has 1 nitrogen and oxygen atoms in total. The largest absolute Gasteiger partial charge is 0.294 e. The van der Waals surface area contributed by atoms with E-state index in [0.29, 0.717) is 6.42 Å². The zero-order valence-corrected chi connectivity index (χ0v) is 12.1. The third-order valence-electron chi connectivity index (χ3n) is 2.91. The molecule has 0 heterocycles. The number of hydrogen-bond acceptors (Lipinski definition) is 1. The third kappa shape index (κ3) is 2.88. The highest BCUT2D eigenvalue weighted by Gasteiger charge is 2.13. The summed E-state index contributed by atoms with van der Waals surface area (Å²) >= 11 is 3.51. The standard InChI is InChI=1S/C16H15BrO/c1-11-8-12(2)16(17)14(9-11)15(18)10-13-6-4-3-5-7-13/h3-9H,10H2,1-2H3. The zero-order chi connectivity index (χ0) is 13.1. The number of rotatable bonds is 3. The van der Waals surface area contributed by atoms with Crippen LogP contribution in [0.15, 0.2) is 46.9 Å². The van der Waals surface area contributed by atoms with Crippen LogP contribution in [0.3, 0.4) is 0 Å². The first kappa shape index (κ1) is 13.0. The topological polar surface area (TPSA) is 17.1 Å². The second-order valence-electron chi connectivity index (χ2n) is 4.53. The predicted octanol–water partition coefficient (Wildman–Crippen LogP) is 4.49. The van der Waals surface area contributed by atoms with Gasteiger partial charge in [0.1, 0.15) is 0 Å². The van der Waals surface area contributed by atoms with Crippen molar-refractivity contribution in [1.82, 2.24) is 0 Å². The molecule has 0 radical (unpaired) electrons. The van der Waals surface area contributed by atoms with Crippen LogP contribution in [-0.4, -0.2) is 5.78 Å². The number of hydrogen-bond donors (Lipinski definition) is 0. The van der Waals surface area contributed by atoms with Gasteiger partial charge in [-0.1, -0.05) is 42.0 Å². The second kappa shape index (κ2) is 5.49. The van der Waals surface area contributed by atoms with Crippen molar-refractivity contribution in [3.63, 3.8) is 0 Å². The Bertz CT molecular complexity index is 573. The molecule has 0 aliphatic rings. The highest BCUT2D eigenvalue weighted by atomic mass is 79.9. The van der Waals surface area contributed by atoms with Gasteiger partial charge in [-0.25, -0.2) is 0 Å². The molecule has 0 spiro atoms. The van der Waals surface area contributed by atoms with E-state index in [0.717, 1.165) is 26.7 Å². The van der Waals surface area contributed by atoms with E-state index in [1.807, 2.05) is 50.2 Å². The van der Waals surface area contributed by atoms with E-state index in [4.69, 9.17) is 0 Å². The van der Waals surface area contributed by atoms with Crippen molar-refractivity contribution in [2.24, 2.45) is 0 Å². The Kier molecular flexibility index (Phi) is 3.97. The summed E-state index contributed by atoms with van der Waals surface area (Å²) in [5, 5.41) is 0. The maximum atomic E-state index is 12.3. The Morgan fingerprint density at radius 3 is 2.44 bits per heavy atom. The number of carbonyl (C=O) groups excluding carboxylic acids is 1. The molecule has 0 amide bonds. The van der Waals surface area contributed by atoms with Gasteiger partial charge in [-0.15, -0.1) is 0 Å². The fourth-order valence-electron chi connectivity index (χ4n) is 2.03. The SMILES string of the molecule is Cc1cc(C)c(Br)c(C(=O)Cc2ccccc2)c1. The Hall–Kier alpha value is -1.41. The number of carbonyl (C=O) groups is 1. The molecular formula is C16H15BrO. The molecule has 0 aliphatic carbocycles. The van der Waals surface area contributed by atoms with E-state index in [1.54, 1.807) is 0 Å². The number of ketones is 1. The Labute approximate surface area is 116 Å². The zero-order valence-electron chi connectivity index (χ0n) is 10.5. The van der Waals surface area contributed by atoms with E-state index in [2.05, 4.69) is 22.0 Å². The normalized spacial score (nSPS) is 10.4. The monoisotopic (exact) mass is 302 g/mol. The minimum Gasteiger partial charge on any atom is -0.294 e. The lowest BCUT2D eigenvalue weighted by Crippen LogP contribution is -2.05. The molecule has 18 heavy (non-hydrogen) atoms. The van der Waals surface area contributed by atoms with Crippen LogP contribution in [0.5, 0.6) is 0 Å². The molecular weight excluding hydrogens is 288 g/mol. The van der Waals surface area contributed by atoms with Crippen LogP contribution >= 0.6 is 15.9 Å². The second-order valence-corrected chi connectivity index (χ2v) is 5.32. The molecule has 0 unspecified atom stereocenters. The van der Waals surface area contributed by atoms with Crippen molar-refractivity contribution >= 4 is 21.7 Å². The van der Waals surface area contributed by atoms with Crippen molar-refractivity contribution in [3.05, 3.63) is 69.2 Å². The average Bonchev–Trinajstić information content (AvgIpc) is 2.35. The van der Waals surface area contributed by atoms with Gasteiger partial charge in [0, 0.05) is 16.5 Å². The van der Waals surface area contributed by atoms with Crippen LogP contribution in [0.2, 0.25) is 0 Å². The van der Waals surface area contributed by atoms with Gasteiger partial charge in [-0.05, 0) is 47.0 Å². The molecule has 0 atom stereocenters. The van der Waals surface area contributed by atoms with Gasteiger partial charge in [0.05, 0.1) is 0 Å². The summed E-state index contributed by atoms with van der Waals surface area (Å²) in [6.07, 6.45) is 0.447. The van der Waals surface area contributed by atoms with Gasteiger partial charge >= 0.3 is 0 Å². The van der Waals surface area contributed by atoms with E-state index in [1.165, 1.54) is 0 Å². The summed E-state index contributed by atoms with van der Waals surface area (Å²) in [5.74, 6) is 0.153. The molecule has 0 saturated heterocycles. The summed E-state index contributed by atoms with van der Waals surface area (Å²) in [7, 11) is 0. The maximum Gasteiger partial charge on any atom is 0.168 e. The minimum absolute atomic E-state index is 0.153. The van der Waals surface area contributed by atoms with Crippen molar-refractivity contribution in [3.8, 4) is 0 Å². The highest BCUT2D eigenvalue weighted by Crippen LogP contribution is 2.24. The first-order chi connectivity index (χ1) is 8.58. The van der Waals surface area contributed by atoms with Gasteiger partial charge in [0.15, 0.2) is 5.78 Å². The van der Waals surface area contributed by atoms with Crippen LogP contribution in [0, 0.1) is 13.8 Å². The van der Waals surface area contributed by atoms with Crippen LogP contribution in [0.1, 0.15) is 27.0 Å². The molecule has 0 aromatic heterocycles. The lowest BCUT2D eigenvalue weighted by molar-refractivity contribution is 0.0992. The molecule has 0 fully saturated rings. The molecule has 0 aliphatic heterocycles. The van der Waals surface area contributed by atoms with Crippen LogP contribution < -0.4 is 0 Å². The molecule has 0 saturated carbocycles. The summed E-state index contributed by atoms with van der Waals surface area (Å²) < 4.78 is 0.911. The van der Waals surface area contributed by atoms with E-state index >= 15 is 0 Å². The summed E-state index contributed by atoms with van der Waals surface area (Å²) in [4.78, 5) is 12.3. The molecule has 2 aromatic rings. The smallest absolute Gasteiger partial charge is 0.168 e. The minimum atomic E-state index is 0.153. The quantitative estimate of drug-likeness (QED) is 0.763. The molecule has 0 bridgehead atoms. The van der Waals surface area contributed by atoms with Crippen LogP contribution in [0.25, 0.3) is 0 Å². The first-order valence-electron chi connectivity index (χ1n) is 5.92. The lowest BCUT2D eigenvalue weighted by atomic mass is 9.99. The van der Waals surface area contributed by atoms with Crippen molar-refractivity contribution in [2.75, 3.05) is 0 Å². The summed E-state index contributed by atoms with van der Waals surface area (Å²) in [5.41, 5.74) is 4.04. The first-order valence-corrected chi connectivity index (χ1v) is 6.71. The van der Waals surface area contributed by atoms with E-state index in [9.17, 15) is 4.79 Å². The summed E-state index contributed by atoms with van der Waals surface area (Å²) in [6, 6.07) is 13.9. The maximum absolute atomic E-state index is 12.3. The van der Waals surface area contributed by atoms with Crippen LogP contribution in [0.4, 0.5) is 0 Å². The van der Waals surface area contributed by atoms with Gasteiger partial charge in [-0.2, -0.15) is 0 Å². The van der Waals surface area contributed by atoms with Crippen molar-refractivity contribution in [1.29, 1.82) is 0 Å². The number of aryl methyl sites for hydroxylation is 2. The average molecular weight is 303 g/mol. The molecule has 2 rings (SSSR count). The predicted molar refractivity (Wildman–Crippen MR) is 78.1 cm³/mol. The lowest BCUT2D eigenvalue weighted by Gasteiger charge is -2.08. The molecule has 2 heteroatoms. The van der Waals surface area contributed by atoms with E-state index in [-0.39, 0.29) is 5.78 Å². The van der Waals surface area contributed by atoms with Crippen molar-refractivity contribution < 1.29 is 4.79 Å². The fourth-order valence-corrected chi connectivity index (χ4v) is 2.48. The highest BCUT2D eigenvalue weighted by molar-refractivity contribution is 9.10. The molecule has 92 valence electrons. The molecule has 0 N–H and O–H groups in total. The van der Waals surface area contributed by atoms with Crippen molar-refractivity contribution in [2.45, 2.75) is 20.3 Å². The Balaban J connectivity index is 2.30. The third-order valence-corrected chi connectivity index (χ3v) is 3.96. The fraction of sp³-hybridized carbons (Fsp3) is 0.188. The van der Waals surface area contributed by atoms with Gasteiger partial charge in [0.2, 0.25) is 0 Å². The van der Waals surface area contributed by atoms with Gasteiger partial charge < -0.3 is 0 Å². The summed E-state index contributed by atoms with van der Waals surface area (Å²) in [6.45, 7) is 4.02. The van der Waals surface area contributed by atoms with Crippen LogP contribution in [-0.2, 0) is 6.42 Å². The number of halogens is 1. The van der Waals surface area contributed by atoms with Gasteiger partial charge in [-0.3, -0.25) is 4.79 Å². The Morgan fingerprint density at radius 1 is 1.11 bits per heavy atom. The Morgan fingerprint density at radius 2 is 1.78 bits per heavy atom. The van der Waals surface area contributed by atoms with Gasteiger partial charge in [0.25, 0.3) is 0 Å². The number of Topliss-reactive ketones (excluding diaryl/α,β-unsaturated/α-hetero) is 1. The van der Waals surface area contributed by atoms with E-state index < -0.39 is 0 Å². The molecule has 2 aromatic carbocycles. The number of benzene rings is 2.